The Morgan fingerprint density at radius 3 is 2.85 bits per heavy atom. The maximum absolute atomic E-state index is 9.56. The summed E-state index contributed by atoms with van der Waals surface area (Å²) in [5.41, 5.74) is -0.353. The van der Waals surface area contributed by atoms with E-state index in [1.807, 2.05) is 6.92 Å². The number of aromatic nitrogens is 2. The second-order valence-electron chi connectivity index (χ2n) is 2.97. The van der Waals surface area contributed by atoms with Gasteiger partial charge in [0.2, 0.25) is 0 Å². The third-order valence-electron chi connectivity index (χ3n) is 1.71. The van der Waals surface area contributed by atoms with Gasteiger partial charge in [0, 0.05) is 12.4 Å². The van der Waals surface area contributed by atoms with Crippen LogP contribution in [0.25, 0.3) is 0 Å². The highest BCUT2D eigenvalue weighted by Gasteiger charge is 2.12. The van der Waals surface area contributed by atoms with Crippen LogP contribution in [0.1, 0.15) is 26.0 Å². The van der Waals surface area contributed by atoms with Crippen LogP contribution in [0.3, 0.4) is 0 Å². The van der Waals surface area contributed by atoms with Crippen LogP contribution >= 0.6 is 0 Å². The van der Waals surface area contributed by atoms with Crippen molar-refractivity contribution in [1.82, 2.24) is 9.97 Å². The van der Waals surface area contributed by atoms with Gasteiger partial charge >= 0.3 is 0 Å². The lowest BCUT2D eigenvalue weighted by Gasteiger charge is -2.11. The van der Waals surface area contributed by atoms with Crippen LogP contribution in [0.15, 0.2) is 18.6 Å². The van der Waals surface area contributed by atoms with Crippen LogP contribution < -0.4 is 0 Å². The lowest BCUT2D eigenvalue weighted by molar-refractivity contribution is 0.118. The smallest absolute Gasteiger partial charge is 0.131 e. The van der Waals surface area contributed by atoms with Crippen molar-refractivity contribution in [1.29, 1.82) is 0 Å². The molecule has 3 nitrogen and oxygen atoms in total. The molecule has 0 amide bonds. The summed E-state index contributed by atoms with van der Waals surface area (Å²) in [5, 5.41) is 9.56. The van der Waals surface area contributed by atoms with Crippen LogP contribution in [0, 0.1) is 11.8 Å². The average molecular weight is 176 g/mol. The van der Waals surface area contributed by atoms with E-state index in [9.17, 15) is 5.11 Å². The standard InChI is InChI=1S/C10H12N2O/c1-3-10(2,13)5-4-9-8-11-6-7-12-9/h6-8,13H,3H2,1-2H3. The zero-order valence-electron chi connectivity index (χ0n) is 7.78. The Bertz CT molecular complexity index is 322. The van der Waals surface area contributed by atoms with E-state index in [1.165, 1.54) is 0 Å². The molecule has 13 heavy (non-hydrogen) atoms. The first-order chi connectivity index (χ1) is 6.14. The predicted octanol–water partition coefficient (Wildman–Crippen LogP) is 0.989. The minimum absolute atomic E-state index is 0.580. The summed E-state index contributed by atoms with van der Waals surface area (Å²) in [7, 11) is 0. The minimum Gasteiger partial charge on any atom is -0.378 e. The van der Waals surface area contributed by atoms with Gasteiger partial charge in [0.1, 0.15) is 11.3 Å². The Labute approximate surface area is 77.9 Å². The van der Waals surface area contributed by atoms with Crippen molar-refractivity contribution in [3.8, 4) is 11.8 Å². The zero-order chi connectivity index (χ0) is 9.73. The highest BCUT2D eigenvalue weighted by Crippen LogP contribution is 2.05. The lowest BCUT2D eigenvalue weighted by atomic mass is 10.1. The highest BCUT2D eigenvalue weighted by atomic mass is 16.3. The highest BCUT2D eigenvalue weighted by molar-refractivity contribution is 5.27. The molecule has 1 N–H and O–H groups in total. The Balaban J connectivity index is 2.79. The van der Waals surface area contributed by atoms with Crippen LogP contribution in [0.2, 0.25) is 0 Å². The maximum Gasteiger partial charge on any atom is 0.131 e. The van der Waals surface area contributed by atoms with E-state index < -0.39 is 5.60 Å². The van der Waals surface area contributed by atoms with Gasteiger partial charge in [0.15, 0.2) is 0 Å². The van der Waals surface area contributed by atoms with Crippen molar-refractivity contribution in [2.45, 2.75) is 25.9 Å². The molecule has 0 aliphatic carbocycles. The van der Waals surface area contributed by atoms with Crippen LogP contribution in [0.5, 0.6) is 0 Å². The van der Waals surface area contributed by atoms with Gasteiger partial charge in [0.25, 0.3) is 0 Å². The fourth-order valence-corrected chi connectivity index (χ4v) is 0.651. The second kappa shape index (κ2) is 4.01. The molecule has 0 saturated heterocycles. The Morgan fingerprint density at radius 1 is 1.54 bits per heavy atom. The summed E-state index contributed by atoms with van der Waals surface area (Å²) < 4.78 is 0. The molecule has 0 aliphatic heterocycles. The van der Waals surface area contributed by atoms with E-state index in [-0.39, 0.29) is 0 Å². The molecule has 1 aromatic rings. The van der Waals surface area contributed by atoms with E-state index in [0.717, 1.165) is 0 Å². The van der Waals surface area contributed by atoms with Gasteiger partial charge < -0.3 is 5.11 Å². The van der Waals surface area contributed by atoms with E-state index in [4.69, 9.17) is 0 Å². The number of nitrogens with zero attached hydrogens (tertiary/aromatic N) is 2. The average Bonchev–Trinajstić information content (AvgIpc) is 2.17. The fourth-order valence-electron chi connectivity index (χ4n) is 0.651. The SMILES string of the molecule is CCC(C)(O)C#Cc1cnccn1. The van der Waals surface area contributed by atoms with Crippen molar-refractivity contribution in [2.24, 2.45) is 0 Å². The Morgan fingerprint density at radius 2 is 2.31 bits per heavy atom. The van der Waals surface area contributed by atoms with E-state index >= 15 is 0 Å². The summed E-state index contributed by atoms with van der Waals surface area (Å²) >= 11 is 0. The molecule has 0 radical (unpaired) electrons. The first kappa shape index (κ1) is 9.69. The van der Waals surface area contributed by atoms with Gasteiger partial charge in [-0.2, -0.15) is 0 Å². The number of hydrogen-bond acceptors (Lipinski definition) is 3. The molecule has 0 aromatic carbocycles. The van der Waals surface area contributed by atoms with Crippen LogP contribution in [0.4, 0.5) is 0 Å². The quantitative estimate of drug-likeness (QED) is 0.649. The van der Waals surface area contributed by atoms with Crippen molar-refractivity contribution in [3.63, 3.8) is 0 Å². The number of aliphatic hydroxyl groups is 1. The summed E-state index contributed by atoms with van der Waals surface area (Å²) in [6.45, 7) is 3.56. The molecule has 1 aromatic heterocycles. The molecule has 0 fully saturated rings. The van der Waals surface area contributed by atoms with Gasteiger partial charge in [-0.15, -0.1) is 0 Å². The normalized spacial score (nSPS) is 14.1. The first-order valence-electron chi connectivity index (χ1n) is 4.15. The van der Waals surface area contributed by atoms with Crippen molar-refractivity contribution in [2.75, 3.05) is 0 Å². The molecule has 0 aliphatic rings. The van der Waals surface area contributed by atoms with Gasteiger partial charge in [-0.25, -0.2) is 4.98 Å². The zero-order valence-corrected chi connectivity index (χ0v) is 7.78. The van der Waals surface area contributed by atoms with E-state index in [1.54, 1.807) is 25.5 Å². The summed E-state index contributed by atoms with van der Waals surface area (Å²) in [5.74, 6) is 5.49. The summed E-state index contributed by atoms with van der Waals surface area (Å²) in [6.07, 6.45) is 5.33. The molecular weight excluding hydrogens is 164 g/mol. The molecule has 68 valence electrons. The Kier molecular flexibility index (Phi) is 2.99. The monoisotopic (exact) mass is 176 g/mol. The van der Waals surface area contributed by atoms with Crippen molar-refractivity contribution >= 4 is 0 Å². The van der Waals surface area contributed by atoms with Crippen LogP contribution in [-0.4, -0.2) is 20.7 Å². The van der Waals surface area contributed by atoms with Crippen molar-refractivity contribution < 1.29 is 5.11 Å². The molecule has 1 heterocycles. The van der Waals surface area contributed by atoms with Gasteiger partial charge in [-0.1, -0.05) is 12.8 Å². The molecule has 1 atom stereocenters. The summed E-state index contributed by atoms with van der Waals surface area (Å²) in [4.78, 5) is 7.83. The van der Waals surface area contributed by atoms with Gasteiger partial charge in [-0.3, -0.25) is 4.98 Å². The topological polar surface area (TPSA) is 46.0 Å². The molecular formula is C10H12N2O. The van der Waals surface area contributed by atoms with Crippen molar-refractivity contribution in [3.05, 3.63) is 24.3 Å². The molecule has 0 bridgehead atoms. The fraction of sp³-hybridized carbons (Fsp3) is 0.400. The van der Waals surface area contributed by atoms with E-state index in [2.05, 4.69) is 21.8 Å². The lowest BCUT2D eigenvalue weighted by Crippen LogP contribution is -2.19. The first-order valence-corrected chi connectivity index (χ1v) is 4.15. The van der Waals surface area contributed by atoms with Gasteiger partial charge in [-0.05, 0) is 19.3 Å². The summed E-state index contributed by atoms with van der Waals surface area (Å²) in [6, 6.07) is 0. The largest absolute Gasteiger partial charge is 0.378 e. The third kappa shape index (κ3) is 3.22. The maximum atomic E-state index is 9.56. The molecule has 0 saturated carbocycles. The molecule has 1 unspecified atom stereocenters. The molecule has 1 rings (SSSR count). The second-order valence-corrected chi connectivity index (χ2v) is 2.97. The Hall–Kier alpha value is -1.40. The number of hydrogen-bond donors (Lipinski definition) is 1. The molecule has 0 spiro atoms. The van der Waals surface area contributed by atoms with E-state index in [0.29, 0.717) is 12.1 Å². The third-order valence-corrected chi connectivity index (χ3v) is 1.71. The van der Waals surface area contributed by atoms with Gasteiger partial charge in [0.05, 0.1) is 6.20 Å². The van der Waals surface area contributed by atoms with Crippen LogP contribution in [-0.2, 0) is 0 Å². The number of rotatable bonds is 1. The predicted molar refractivity (Wildman–Crippen MR) is 49.8 cm³/mol. The minimum atomic E-state index is -0.933. The molecule has 3 heteroatoms.